The first-order chi connectivity index (χ1) is 11.4. The smallest absolute Gasteiger partial charge is 0.271 e. The van der Waals surface area contributed by atoms with Crippen molar-refractivity contribution in [1.82, 2.24) is 0 Å². The average Bonchev–Trinajstić information content (AvgIpc) is 2.55. The zero-order valence-electron chi connectivity index (χ0n) is 13.2. The van der Waals surface area contributed by atoms with Crippen LogP contribution in [0.1, 0.15) is 19.4 Å². The van der Waals surface area contributed by atoms with Crippen LogP contribution in [0.5, 0.6) is 0 Å². The summed E-state index contributed by atoms with van der Waals surface area (Å²) >= 11 is 0. The van der Waals surface area contributed by atoms with E-state index in [4.69, 9.17) is 0 Å². The van der Waals surface area contributed by atoms with Gasteiger partial charge in [0.15, 0.2) is 0 Å². The Morgan fingerprint density at radius 2 is 1.71 bits per heavy atom. The molecule has 0 aliphatic rings. The summed E-state index contributed by atoms with van der Waals surface area (Å²) in [4.78, 5) is 20.5. The van der Waals surface area contributed by atoms with Crippen molar-refractivity contribution in [2.45, 2.75) is 13.8 Å². The molecule has 8 heteroatoms. The predicted molar refractivity (Wildman–Crippen MR) is 91.2 cm³/mol. The molecule has 2 rings (SSSR count). The Morgan fingerprint density at radius 3 is 2.25 bits per heavy atom. The summed E-state index contributed by atoms with van der Waals surface area (Å²) < 4.78 is 0. The third kappa shape index (κ3) is 3.92. The fourth-order valence-corrected chi connectivity index (χ4v) is 2.14. The zero-order valence-corrected chi connectivity index (χ0v) is 13.2. The third-order valence-corrected chi connectivity index (χ3v) is 3.30. The SMILES string of the molecule is CC(C)C(=NNc1ccc([N+](=O)[O-])cc1[N+](=O)[O-])c1ccccc1. The minimum Gasteiger partial charge on any atom is -0.271 e. The van der Waals surface area contributed by atoms with Gasteiger partial charge in [0.05, 0.1) is 21.6 Å². The highest BCUT2D eigenvalue weighted by Crippen LogP contribution is 2.29. The van der Waals surface area contributed by atoms with Gasteiger partial charge in [0.2, 0.25) is 0 Å². The quantitative estimate of drug-likeness (QED) is 0.490. The Morgan fingerprint density at radius 1 is 1.04 bits per heavy atom. The van der Waals surface area contributed by atoms with E-state index >= 15 is 0 Å². The van der Waals surface area contributed by atoms with Crippen LogP contribution in [0.25, 0.3) is 0 Å². The van der Waals surface area contributed by atoms with Crippen LogP contribution in [0, 0.1) is 26.1 Å². The van der Waals surface area contributed by atoms with E-state index in [2.05, 4.69) is 10.5 Å². The lowest BCUT2D eigenvalue weighted by atomic mass is 10.0. The first-order valence-corrected chi connectivity index (χ1v) is 7.22. The van der Waals surface area contributed by atoms with Crippen LogP contribution in [0.2, 0.25) is 0 Å². The fraction of sp³-hybridized carbons (Fsp3) is 0.188. The van der Waals surface area contributed by atoms with E-state index in [0.29, 0.717) is 0 Å². The van der Waals surface area contributed by atoms with E-state index in [1.54, 1.807) is 0 Å². The maximum absolute atomic E-state index is 11.1. The number of hydrogen-bond acceptors (Lipinski definition) is 6. The number of non-ortho nitro benzene ring substituents is 1. The van der Waals surface area contributed by atoms with Crippen molar-refractivity contribution in [3.63, 3.8) is 0 Å². The number of hydrazone groups is 1. The van der Waals surface area contributed by atoms with Crippen LogP contribution in [-0.2, 0) is 0 Å². The van der Waals surface area contributed by atoms with Gasteiger partial charge in [-0.25, -0.2) is 0 Å². The summed E-state index contributed by atoms with van der Waals surface area (Å²) in [6.45, 7) is 3.91. The van der Waals surface area contributed by atoms with Gasteiger partial charge >= 0.3 is 5.69 Å². The fourth-order valence-electron chi connectivity index (χ4n) is 2.14. The molecule has 0 bridgehead atoms. The standard InChI is InChI=1S/C16H16N4O4/c1-11(2)16(12-6-4-3-5-7-12)18-17-14-9-8-13(19(21)22)10-15(14)20(23)24/h3-11,17H,1-2H3. The van der Waals surface area contributed by atoms with Crippen LogP contribution in [0.3, 0.4) is 0 Å². The lowest BCUT2D eigenvalue weighted by Gasteiger charge is -2.11. The summed E-state index contributed by atoms with van der Waals surface area (Å²) in [5.74, 6) is 0.0806. The Hall–Kier alpha value is -3.29. The molecule has 24 heavy (non-hydrogen) atoms. The van der Waals surface area contributed by atoms with E-state index in [-0.39, 0.29) is 17.3 Å². The number of benzene rings is 2. The van der Waals surface area contributed by atoms with Crippen molar-refractivity contribution < 1.29 is 9.85 Å². The number of hydrogen-bond donors (Lipinski definition) is 1. The molecule has 0 atom stereocenters. The van der Waals surface area contributed by atoms with Gasteiger partial charge in [0.1, 0.15) is 5.69 Å². The second-order valence-corrected chi connectivity index (χ2v) is 5.35. The third-order valence-electron chi connectivity index (χ3n) is 3.30. The zero-order chi connectivity index (χ0) is 17.7. The highest BCUT2D eigenvalue weighted by molar-refractivity contribution is 6.02. The van der Waals surface area contributed by atoms with Crippen molar-refractivity contribution in [3.8, 4) is 0 Å². The van der Waals surface area contributed by atoms with E-state index in [0.717, 1.165) is 17.3 Å². The van der Waals surface area contributed by atoms with Crippen molar-refractivity contribution in [1.29, 1.82) is 0 Å². The maximum Gasteiger partial charge on any atom is 0.301 e. The number of nitro benzene ring substituents is 2. The predicted octanol–water partition coefficient (Wildman–Crippen LogP) is 3.98. The van der Waals surface area contributed by atoms with Crippen LogP contribution in [-0.4, -0.2) is 15.6 Å². The van der Waals surface area contributed by atoms with Crippen LogP contribution >= 0.6 is 0 Å². The number of nitro groups is 2. The van der Waals surface area contributed by atoms with Gasteiger partial charge in [-0.3, -0.25) is 25.7 Å². The number of nitrogens with zero attached hydrogens (tertiary/aromatic N) is 3. The molecular weight excluding hydrogens is 312 g/mol. The van der Waals surface area contributed by atoms with Gasteiger partial charge < -0.3 is 0 Å². The van der Waals surface area contributed by atoms with Crippen molar-refractivity contribution in [3.05, 3.63) is 74.3 Å². The molecule has 124 valence electrons. The second-order valence-electron chi connectivity index (χ2n) is 5.35. The molecule has 0 aromatic heterocycles. The van der Waals surface area contributed by atoms with Crippen LogP contribution in [0.15, 0.2) is 53.6 Å². The second kappa shape index (κ2) is 7.32. The molecule has 0 aliphatic carbocycles. The molecular formula is C16H16N4O4. The van der Waals surface area contributed by atoms with Crippen molar-refractivity contribution >= 4 is 22.8 Å². The van der Waals surface area contributed by atoms with Crippen molar-refractivity contribution in [2.24, 2.45) is 11.0 Å². The first kappa shape index (κ1) is 17.1. The largest absolute Gasteiger partial charge is 0.301 e. The van der Waals surface area contributed by atoms with Crippen LogP contribution < -0.4 is 5.43 Å². The monoisotopic (exact) mass is 328 g/mol. The molecule has 0 fully saturated rings. The number of rotatable bonds is 6. The lowest BCUT2D eigenvalue weighted by molar-refractivity contribution is -0.393. The molecule has 0 saturated heterocycles. The summed E-state index contributed by atoms with van der Waals surface area (Å²) in [6, 6.07) is 12.8. The molecule has 0 unspecified atom stereocenters. The van der Waals surface area contributed by atoms with Gasteiger partial charge in [-0.05, 0) is 17.5 Å². The molecule has 8 nitrogen and oxygen atoms in total. The van der Waals surface area contributed by atoms with Crippen molar-refractivity contribution in [2.75, 3.05) is 5.43 Å². The van der Waals surface area contributed by atoms with Gasteiger partial charge in [-0.2, -0.15) is 5.10 Å². The minimum absolute atomic E-state index is 0.0806. The maximum atomic E-state index is 11.1. The van der Waals surface area contributed by atoms with Crippen LogP contribution in [0.4, 0.5) is 17.1 Å². The highest BCUT2D eigenvalue weighted by Gasteiger charge is 2.19. The normalized spacial score (nSPS) is 11.4. The summed E-state index contributed by atoms with van der Waals surface area (Å²) in [5, 5.41) is 26.2. The molecule has 0 spiro atoms. The van der Waals surface area contributed by atoms with Gasteiger partial charge in [-0.15, -0.1) is 0 Å². The molecule has 0 radical (unpaired) electrons. The van der Waals surface area contributed by atoms with Gasteiger partial charge in [0.25, 0.3) is 5.69 Å². The van der Waals surface area contributed by atoms with E-state index in [9.17, 15) is 20.2 Å². The highest BCUT2D eigenvalue weighted by atomic mass is 16.6. The molecule has 1 N–H and O–H groups in total. The van der Waals surface area contributed by atoms with E-state index in [1.165, 1.54) is 12.1 Å². The molecule has 0 saturated carbocycles. The first-order valence-electron chi connectivity index (χ1n) is 7.22. The Bertz CT molecular complexity index is 788. The number of anilines is 1. The molecule has 2 aromatic rings. The molecule has 0 amide bonds. The average molecular weight is 328 g/mol. The molecule has 0 aliphatic heterocycles. The summed E-state index contributed by atoms with van der Waals surface area (Å²) in [6.07, 6.45) is 0. The van der Waals surface area contributed by atoms with E-state index < -0.39 is 15.5 Å². The summed E-state index contributed by atoms with van der Waals surface area (Å²) in [7, 11) is 0. The van der Waals surface area contributed by atoms with E-state index in [1.807, 2.05) is 44.2 Å². The van der Waals surface area contributed by atoms with Gasteiger partial charge in [0, 0.05) is 6.07 Å². The van der Waals surface area contributed by atoms with Gasteiger partial charge in [-0.1, -0.05) is 44.2 Å². The summed E-state index contributed by atoms with van der Waals surface area (Å²) in [5.41, 5.74) is 3.64. The lowest BCUT2D eigenvalue weighted by Crippen LogP contribution is -2.12. The topological polar surface area (TPSA) is 111 Å². The Labute approximate surface area is 138 Å². The minimum atomic E-state index is -0.678. The Balaban J connectivity index is 2.39. The molecule has 2 aromatic carbocycles. The Kier molecular flexibility index (Phi) is 5.20. The molecule has 0 heterocycles. The number of nitrogens with one attached hydrogen (secondary N) is 1.